The van der Waals surface area contributed by atoms with E-state index in [0.29, 0.717) is 0 Å². The number of aromatic nitrogens is 5. The summed E-state index contributed by atoms with van der Waals surface area (Å²) >= 11 is 1.49. The van der Waals surface area contributed by atoms with Gasteiger partial charge in [-0.05, 0) is 11.5 Å². The summed E-state index contributed by atoms with van der Waals surface area (Å²) in [5.74, 6) is 0. The van der Waals surface area contributed by atoms with Crippen LogP contribution in [0.1, 0.15) is 0 Å². The first-order chi connectivity index (χ1) is 5.95. The van der Waals surface area contributed by atoms with Gasteiger partial charge in [0.2, 0.25) is 0 Å². The lowest BCUT2D eigenvalue weighted by Gasteiger charge is -1.81. The molecule has 3 aromatic rings. The summed E-state index contributed by atoms with van der Waals surface area (Å²) in [7, 11) is 0. The first-order valence-electron chi connectivity index (χ1n) is 3.34. The van der Waals surface area contributed by atoms with E-state index in [1.165, 1.54) is 17.9 Å². The van der Waals surface area contributed by atoms with Gasteiger partial charge >= 0.3 is 0 Å². The zero-order valence-corrected chi connectivity index (χ0v) is 6.69. The summed E-state index contributed by atoms with van der Waals surface area (Å²) in [6.45, 7) is 0. The van der Waals surface area contributed by atoms with E-state index in [9.17, 15) is 0 Å². The van der Waals surface area contributed by atoms with Crippen molar-refractivity contribution in [2.45, 2.75) is 0 Å². The maximum absolute atomic E-state index is 4.14. The third-order valence-corrected chi connectivity index (χ3v) is 2.56. The molecule has 6 heteroatoms. The van der Waals surface area contributed by atoms with Crippen molar-refractivity contribution in [2.75, 3.05) is 0 Å². The van der Waals surface area contributed by atoms with Gasteiger partial charge in [-0.2, -0.15) is 3.90 Å². The van der Waals surface area contributed by atoms with Gasteiger partial charge in [0.1, 0.15) is 17.4 Å². The largest absolute Gasteiger partial charge is 0.243 e. The van der Waals surface area contributed by atoms with E-state index in [1.54, 1.807) is 16.3 Å². The fourth-order valence-corrected chi connectivity index (χ4v) is 1.96. The Bertz CT molecular complexity index is 538. The molecule has 0 spiro atoms. The molecule has 0 aliphatic carbocycles. The molecule has 0 saturated heterocycles. The molecule has 0 aliphatic rings. The van der Waals surface area contributed by atoms with Gasteiger partial charge in [0.15, 0.2) is 0 Å². The lowest BCUT2D eigenvalue weighted by molar-refractivity contribution is 0.918. The maximum Gasteiger partial charge on any atom is 0.126 e. The zero-order valence-electron chi connectivity index (χ0n) is 5.88. The van der Waals surface area contributed by atoms with Gasteiger partial charge < -0.3 is 0 Å². The Balaban J connectivity index is 2.68. The standard InChI is InChI=1S/C6H3N5S/c1-4-6-5(2-7-3-8-6)12-11(4)10-9-1/h1-3H. The van der Waals surface area contributed by atoms with Crippen molar-refractivity contribution in [2.24, 2.45) is 0 Å². The van der Waals surface area contributed by atoms with Gasteiger partial charge in [-0.3, -0.25) is 0 Å². The van der Waals surface area contributed by atoms with Crippen LogP contribution in [0, 0.1) is 0 Å². The first kappa shape index (κ1) is 6.01. The minimum absolute atomic E-state index is 0.917. The van der Waals surface area contributed by atoms with E-state index in [-0.39, 0.29) is 0 Å². The Morgan fingerprint density at radius 2 is 2.33 bits per heavy atom. The second kappa shape index (κ2) is 1.98. The highest BCUT2D eigenvalue weighted by atomic mass is 32.1. The predicted octanol–water partition coefficient (Wildman–Crippen LogP) is 0.734. The average molecular weight is 177 g/mol. The zero-order chi connectivity index (χ0) is 7.97. The summed E-state index contributed by atoms with van der Waals surface area (Å²) in [6, 6.07) is 0. The molecular formula is C6H3N5S. The van der Waals surface area contributed by atoms with E-state index < -0.39 is 0 Å². The third kappa shape index (κ3) is 0.620. The highest BCUT2D eigenvalue weighted by molar-refractivity contribution is 7.14. The van der Waals surface area contributed by atoms with Crippen LogP contribution in [-0.2, 0) is 0 Å². The van der Waals surface area contributed by atoms with Gasteiger partial charge in [-0.1, -0.05) is 5.21 Å². The number of rotatable bonds is 0. The molecule has 5 nitrogen and oxygen atoms in total. The van der Waals surface area contributed by atoms with Crippen LogP contribution in [0.2, 0.25) is 0 Å². The number of hydrogen-bond donors (Lipinski definition) is 0. The molecule has 0 saturated carbocycles. The minimum Gasteiger partial charge on any atom is -0.243 e. The van der Waals surface area contributed by atoms with Crippen molar-refractivity contribution in [3.8, 4) is 0 Å². The van der Waals surface area contributed by atoms with Crippen LogP contribution in [0.5, 0.6) is 0 Å². The topological polar surface area (TPSA) is 56.0 Å². The molecule has 3 aromatic heterocycles. The normalized spacial score (nSPS) is 11.3. The molecule has 3 heterocycles. The van der Waals surface area contributed by atoms with E-state index in [0.717, 1.165) is 15.7 Å². The Labute approximate surface area is 70.8 Å². The van der Waals surface area contributed by atoms with Crippen molar-refractivity contribution in [3.63, 3.8) is 0 Å². The first-order valence-corrected chi connectivity index (χ1v) is 4.12. The van der Waals surface area contributed by atoms with Crippen molar-refractivity contribution in [1.82, 2.24) is 24.2 Å². The van der Waals surface area contributed by atoms with E-state index in [1.807, 2.05) is 0 Å². The van der Waals surface area contributed by atoms with Crippen LogP contribution >= 0.6 is 11.5 Å². The fraction of sp³-hybridized carbons (Fsp3) is 0. The summed E-state index contributed by atoms with van der Waals surface area (Å²) in [5.41, 5.74) is 1.86. The second-order valence-electron chi connectivity index (χ2n) is 2.32. The third-order valence-electron chi connectivity index (χ3n) is 1.63. The molecular weight excluding hydrogens is 174 g/mol. The van der Waals surface area contributed by atoms with E-state index in [2.05, 4.69) is 20.3 Å². The predicted molar refractivity (Wildman–Crippen MR) is 44.0 cm³/mol. The molecule has 0 amide bonds. The van der Waals surface area contributed by atoms with Crippen molar-refractivity contribution < 1.29 is 0 Å². The summed E-state index contributed by atoms with van der Waals surface area (Å²) in [4.78, 5) is 8.07. The average Bonchev–Trinajstić information content (AvgIpc) is 2.62. The molecule has 12 heavy (non-hydrogen) atoms. The van der Waals surface area contributed by atoms with Gasteiger partial charge in [0.25, 0.3) is 0 Å². The Morgan fingerprint density at radius 1 is 1.33 bits per heavy atom. The highest BCUT2D eigenvalue weighted by Gasteiger charge is 2.05. The lowest BCUT2D eigenvalue weighted by Crippen LogP contribution is -1.75. The monoisotopic (exact) mass is 177 g/mol. The molecule has 0 unspecified atom stereocenters. The van der Waals surface area contributed by atoms with Crippen molar-refractivity contribution in [1.29, 1.82) is 0 Å². The van der Waals surface area contributed by atoms with Crippen LogP contribution in [0.25, 0.3) is 15.7 Å². The quantitative estimate of drug-likeness (QED) is 0.508. The van der Waals surface area contributed by atoms with E-state index in [4.69, 9.17) is 0 Å². The molecule has 0 bridgehead atoms. The summed E-state index contributed by atoms with van der Waals surface area (Å²) in [5, 5.41) is 7.65. The van der Waals surface area contributed by atoms with Gasteiger partial charge in [0, 0.05) is 6.20 Å². The SMILES string of the molecule is c1ncc2sn3nncc3c2n1. The van der Waals surface area contributed by atoms with Gasteiger partial charge in [-0.15, -0.1) is 5.10 Å². The lowest BCUT2D eigenvalue weighted by atomic mass is 10.4. The number of fused-ring (bicyclic) bond motifs is 3. The van der Waals surface area contributed by atoms with Crippen molar-refractivity contribution >= 4 is 27.3 Å². The van der Waals surface area contributed by atoms with Crippen LogP contribution in [0.4, 0.5) is 0 Å². The summed E-state index contributed by atoms with van der Waals surface area (Å²) < 4.78 is 2.77. The Kier molecular flexibility index (Phi) is 0.991. The Hall–Kier alpha value is -1.56. The van der Waals surface area contributed by atoms with Gasteiger partial charge in [0.05, 0.1) is 10.9 Å². The summed E-state index contributed by atoms with van der Waals surface area (Å²) in [6.07, 6.45) is 5.01. The highest BCUT2D eigenvalue weighted by Crippen LogP contribution is 2.21. The van der Waals surface area contributed by atoms with Crippen molar-refractivity contribution in [3.05, 3.63) is 18.7 Å². The molecule has 0 atom stereocenters. The van der Waals surface area contributed by atoms with Crippen LogP contribution < -0.4 is 0 Å². The fourth-order valence-electron chi connectivity index (χ4n) is 1.11. The molecule has 0 fully saturated rings. The molecule has 58 valence electrons. The smallest absolute Gasteiger partial charge is 0.126 e. The molecule has 0 radical (unpaired) electrons. The van der Waals surface area contributed by atoms with Gasteiger partial charge in [-0.25, -0.2) is 9.97 Å². The second-order valence-corrected chi connectivity index (χ2v) is 3.29. The van der Waals surface area contributed by atoms with E-state index >= 15 is 0 Å². The van der Waals surface area contributed by atoms with Crippen LogP contribution in [0.3, 0.4) is 0 Å². The number of hydrogen-bond acceptors (Lipinski definition) is 5. The van der Waals surface area contributed by atoms with Crippen LogP contribution in [-0.4, -0.2) is 24.2 Å². The van der Waals surface area contributed by atoms with Crippen LogP contribution in [0.15, 0.2) is 18.7 Å². The Morgan fingerprint density at radius 3 is 3.33 bits per heavy atom. The molecule has 0 aromatic carbocycles. The number of nitrogens with zero attached hydrogens (tertiary/aromatic N) is 5. The maximum atomic E-state index is 4.14. The molecule has 0 N–H and O–H groups in total. The minimum atomic E-state index is 0.917. The molecule has 0 aliphatic heterocycles. The molecule has 3 rings (SSSR count).